The highest BCUT2D eigenvalue weighted by molar-refractivity contribution is 5.80. The van der Waals surface area contributed by atoms with Crippen LogP contribution in [0.25, 0.3) is 10.9 Å². The van der Waals surface area contributed by atoms with Gasteiger partial charge in [-0.2, -0.15) is 0 Å². The van der Waals surface area contributed by atoms with Gasteiger partial charge in [0.15, 0.2) is 0 Å². The van der Waals surface area contributed by atoms with E-state index in [0.29, 0.717) is 0 Å². The van der Waals surface area contributed by atoms with Crippen molar-refractivity contribution in [2.75, 3.05) is 6.54 Å². The number of carbonyl (C=O) groups is 1. The van der Waals surface area contributed by atoms with Gasteiger partial charge in [-0.05, 0) is 18.6 Å². The minimum absolute atomic E-state index is 0.0467. The van der Waals surface area contributed by atoms with Crippen molar-refractivity contribution in [1.82, 2.24) is 10.3 Å². The third-order valence-electron chi connectivity index (χ3n) is 2.54. The summed E-state index contributed by atoms with van der Waals surface area (Å²) < 4.78 is 27.6. The van der Waals surface area contributed by atoms with Crippen LogP contribution in [0, 0.1) is 11.6 Å². The summed E-state index contributed by atoms with van der Waals surface area (Å²) in [6, 6.07) is 4.21. The summed E-state index contributed by atoms with van der Waals surface area (Å²) in [5, 5.41) is 10.7. The van der Waals surface area contributed by atoms with E-state index in [0.717, 1.165) is 6.07 Å². The molecule has 6 heteroatoms. The van der Waals surface area contributed by atoms with Crippen LogP contribution in [0.2, 0.25) is 0 Å². The Labute approximate surface area is 101 Å². The number of aromatic nitrogens is 1. The van der Waals surface area contributed by atoms with Gasteiger partial charge in [0.25, 0.3) is 0 Å². The smallest absolute Gasteiger partial charge is 0.404 e. The Bertz CT molecular complexity index is 602. The lowest BCUT2D eigenvalue weighted by atomic mass is 10.1. The van der Waals surface area contributed by atoms with Crippen LogP contribution < -0.4 is 5.32 Å². The molecule has 0 atom stereocenters. The lowest BCUT2D eigenvalue weighted by Gasteiger charge is -2.07. The predicted molar refractivity (Wildman–Crippen MR) is 61.4 cm³/mol. The van der Waals surface area contributed by atoms with Crippen LogP contribution in [-0.2, 0) is 6.42 Å². The molecule has 0 saturated carbocycles. The van der Waals surface area contributed by atoms with Crippen molar-refractivity contribution >= 4 is 17.0 Å². The SMILES string of the molecule is O=C(O)NCCc1c(F)cc2ncccc2c1F. The molecule has 2 N–H and O–H groups in total. The summed E-state index contributed by atoms with van der Waals surface area (Å²) in [4.78, 5) is 14.1. The number of hydrogen-bond acceptors (Lipinski definition) is 2. The van der Waals surface area contributed by atoms with Crippen molar-refractivity contribution in [1.29, 1.82) is 0 Å². The van der Waals surface area contributed by atoms with E-state index in [1.807, 2.05) is 0 Å². The summed E-state index contributed by atoms with van der Waals surface area (Å²) in [5.41, 5.74) is 0.103. The average molecular weight is 252 g/mol. The van der Waals surface area contributed by atoms with Gasteiger partial charge >= 0.3 is 6.09 Å². The molecule has 0 bridgehead atoms. The molecule has 0 aliphatic heterocycles. The van der Waals surface area contributed by atoms with Crippen LogP contribution in [0.4, 0.5) is 13.6 Å². The molecule has 0 aliphatic carbocycles. The zero-order valence-corrected chi connectivity index (χ0v) is 9.28. The van der Waals surface area contributed by atoms with Crippen molar-refractivity contribution in [2.24, 2.45) is 0 Å². The topological polar surface area (TPSA) is 62.2 Å². The van der Waals surface area contributed by atoms with Crippen molar-refractivity contribution < 1.29 is 18.7 Å². The number of amides is 1. The Morgan fingerprint density at radius 1 is 1.44 bits per heavy atom. The number of pyridine rings is 1. The highest BCUT2D eigenvalue weighted by atomic mass is 19.1. The lowest BCUT2D eigenvalue weighted by Crippen LogP contribution is -2.23. The number of hydrogen-bond donors (Lipinski definition) is 2. The lowest BCUT2D eigenvalue weighted by molar-refractivity contribution is 0.194. The number of carboxylic acid groups (broad SMARTS) is 1. The molecule has 1 heterocycles. The van der Waals surface area contributed by atoms with E-state index < -0.39 is 17.7 Å². The van der Waals surface area contributed by atoms with Crippen LogP contribution in [0.1, 0.15) is 5.56 Å². The molecule has 0 fully saturated rings. The standard InChI is InChI=1S/C12H10F2N2O2/c13-9-6-10-8(2-1-4-15-10)11(14)7(9)3-5-16-12(17)18/h1-2,4,6,16H,3,5H2,(H,17,18). The molecule has 4 nitrogen and oxygen atoms in total. The summed E-state index contributed by atoms with van der Waals surface area (Å²) >= 11 is 0. The van der Waals surface area contributed by atoms with E-state index >= 15 is 0 Å². The number of nitrogens with one attached hydrogen (secondary N) is 1. The van der Waals surface area contributed by atoms with Crippen LogP contribution in [-0.4, -0.2) is 22.7 Å². The molecule has 1 aromatic heterocycles. The summed E-state index contributed by atoms with van der Waals surface area (Å²) in [7, 11) is 0. The largest absolute Gasteiger partial charge is 0.465 e. The van der Waals surface area contributed by atoms with Gasteiger partial charge in [-0.15, -0.1) is 0 Å². The van der Waals surface area contributed by atoms with Gasteiger partial charge in [-0.3, -0.25) is 4.98 Å². The fourth-order valence-electron chi connectivity index (χ4n) is 1.72. The summed E-state index contributed by atoms with van der Waals surface area (Å²) in [6.45, 7) is -0.0467. The first kappa shape index (κ1) is 12.2. The van der Waals surface area contributed by atoms with Gasteiger partial charge in [0.05, 0.1) is 5.52 Å². The molecular formula is C12H10F2N2O2. The molecule has 1 amide bonds. The Morgan fingerprint density at radius 2 is 2.22 bits per heavy atom. The van der Waals surface area contributed by atoms with Gasteiger partial charge in [0, 0.05) is 29.8 Å². The Kier molecular flexibility index (Phi) is 3.36. The monoisotopic (exact) mass is 252 g/mol. The minimum atomic E-state index is -1.22. The fourth-order valence-corrected chi connectivity index (χ4v) is 1.72. The Morgan fingerprint density at radius 3 is 2.94 bits per heavy atom. The van der Waals surface area contributed by atoms with Gasteiger partial charge in [0.2, 0.25) is 0 Å². The third-order valence-corrected chi connectivity index (χ3v) is 2.54. The van der Waals surface area contributed by atoms with Crippen LogP contribution >= 0.6 is 0 Å². The minimum Gasteiger partial charge on any atom is -0.465 e. The highest BCUT2D eigenvalue weighted by Gasteiger charge is 2.14. The number of fused-ring (bicyclic) bond motifs is 1. The molecule has 1 aromatic carbocycles. The average Bonchev–Trinajstić information content (AvgIpc) is 2.33. The number of halogens is 2. The molecular weight excluding hydrogens is 242 g/mol. The second kappa shape index (κ2) is 4.95. The molecule has 2 aromatic rings. The second-order valence-electron chi connectivity index (χ2n) is 3.70. The quantitative estimate of drug-likeness (QED) is 0.881. The van der Waals surface area contributed by atoms with E-state index in [-0.39, 0.29) is 29.4 Å². The second-order valence-corrected chi connectivity index (χ2v) is 3.70. The van der Waals surface area contributed by atoms with E-state index in [9.17, 15) is 13.6 Å². The maximum absolute atomic E-state index is 14.0. The molecule has 0 radical (unpaired) electrons. The molecule has 18 heavy (non-hydrogen) atoms. The summed E-state index contributed by atoms with van der Waals surface area (Å²) in [6.07, 6.45) is 0.181. The fraction of sp³-hybridized carbons (Fsp3) is 0.167. The predicted octanol–water partition coefficient (Wildman–Crippen LogP) is 2.32. The van der Waals surface area contributed by atoms with Crippen molar-refractivity contribution in [2.45, 2.75) is 6.42 Å². The number of benzene rings is 1. The van der Waals surface area contributed by atoms with E-state index in [1.54, 1.807) is 6.07 Å². The molecule has 0 saturated heterocycles. The molecule has 94 valence electrons. The maximum atomic E-state index is 14.0. The van der Waals surface area contributed by atoms with E-state index in [1.165, 1.54) is 12.3 Å². The maximum Gasteiger partial charge on any atom is 0.404 e. The first-order valence-corrected chi connectivity index (χ1v) is 5.28. The van der Waals surface area contributed by atoms with Crippen molar-refractivity contribution in [3.63, 3.8) is 0 Å². The molecule has 2 rings (SSSR count). The molecule has 0 spiro atoms. The number of nitrogens with zero attached hydrogens (tertiary/aromatic N) is 1. The normalized spacial score (nSPS) is 10.6. The summed E-state index contributed by atoms with van der Waals surface area (Å²) in [5.74, 6) is -1.41. The van der Waals surface area contributed by atoms with Gasteiger partial charge in [-0.25, -0.2) is 13.6 Å². The van der Waals surface area contributed by atoms with Crippen LogP contribution in [0.5, 0.6) is 0 Å². The molecule has 0 unspecified atom stereocenters. The zero-order valence-electron chi connectivity index (χ0n) is 9.28. The van der Waals surface area contributed by atoms with Gasteiger partial charge in [-0.1, -0.05) is 0 Å². The first-order valence-electron chi connectivity index (χ1n) is 5.28. The Hall–Kier alpha value is -2.24. The van der Waals surface area contributed by atoms with Crippen molar-refractivity contribution in [3.05, 3.63) is 41.6 Å². The van der Waals surface area contributed by atoms with Gasteiger partial charge < -0.3 is 10.4 Å². The van der Waals surface area contributed by atoms with Gasteiger partial charge in [0.1, 0.15) is 11.6 Å². The number of rotatable bonds is 3. The van der Waals surface area contributed by atoms with Crippen LogP contribution in [0.15, 0.2) is 24.4 Å². The van der Waals surface area contributed by atoms with Crippen molar-refractivity contribution in [3.8, 4) is 0 Å². The highest BCUT2D eigenvalue weighted by Crippen LogP contribution is 2.22. The Balaban J connectivity index is 2.35. The molecule has 0 aliphatic rings. The third kappa shape index (κ3) is 2.37. The first-order chi connectivity index (χ1) is 8.59. The van der Waals surface area contributed by atoms with E-state index in [4.69, 9.17) is 5.11 Å². The van der Waals surface area contributed by atoms with Crippen LogP contribution in [0.3, 0.4) is 0 Å². The zero-order chi connectivity index (χ0) is 13.1. The van der Waals surface area contributed by atoms with E-state index in [2.05, 4.69) is 10.3 Å².